The highest BCUT2D eigenvalue weighted by Crippen LogP contribution is 2.25. The number of thiophene rings is 1. The molecule has 0 N–H and O–H groups in total. The van der Waals surface area contributed by atoms with E-state index in [4.69, 9.17) is 5.53 Å². The summed E-state index contributed by atoms with van der Waals surface area (Å²) in [7, 11) is -3.46. The van der Waals surface area contributed by atoms with Crippen LogP contribution in [-0.4, -0.2) is 25.8 Å². The molecule has 0 aliphatic rings. The van der Waals surface area contributed by atoms with Crippen LogP contribution in [-0.2, 0) is 16.6 Å². The Bertz CT molecular complexity index is 513. The summed E-state index contributed by atoms with van der Waals surface area (Å²) in [5.41, 5.74) is 8.26. The fraction of sp³-hybridized carbons (Fsp3) is 0.556. The third-order valence-corrected chi connectivity index (χ3v) is 5.47. The Morgan fingerprint density at radius 2 is 2.12 bits per heavy atom. The largest absolute Gasteiger partial charge is 0.244 e. The summed E-state index contributed by atoms with van der Waals surface area (Å²) in [6.07, 6.45) is 0. The monoisotopic (exact) mass is 274 g/mol. The summed E-state index contributed by atoms with van der Waals surface area (Å²) in [4.78, 5) is 3.47. The van der Waals surface area contributed by atoms with Crippen LogP contribution in [0.4, 0.5) is 0 Å². The van der Waals surface area contributed by atoms with Crippen molar-refractivity contribution in [2.24, 2.45) is 5.11 Å². The Hall–Kier alpha value is -1.08. The van der Waals surface area contributed by atoms with Crippen LogP contribution in [0.25, 0.3) is 10.4 Å². The van der Waals surface area contributed by atoms with Crippen molar-refractivity contribution < 1.29 is 8.42 Å². The highest BCUT2D eigenvalue weighted by atomic mass is 32.2. The van der Waals surface area contributed by atoms with E-state index in [0.29, 0.717) is 18.0 Å². The first kappa shape index (κ1) is 14.0. The molecule has 0 bridgehead atoms. The highest BCUT2D eigenvalue weighted by Gasteiger charge is 2.24. The van der Waals surface area contributed by atoms with Crippen molar-refractivity contribution >= 4 is 21.4 Å². The normalized spacial score (nSPS) is 11.5. The molecule has 6 nitrogen and oxygen atoms in total. The van der Waals surface area contributed by atoms with Gasteiger partial charge in [-0.15, -0.1) is 11.3 Å². The van der Waals surface area contributed by atoms with E-state index in [1.807, 2.05) is 0 Å². The maximum atomic E-state index is 12.2. The lowest BCUT2D eigenvalue weighted by Crippen LogP contribution is -2.30. The van der Waals surface area contributed by atoms with Crippen LogP contribution >= 0.6 is 11.3 Å². The van der Waals surface area contributed by atoms with Crippen molar-refractivity contribution in [3.8, 4) is 0 Å². The molecule has 0 saturated carbocycles. The number of hydrogen-bond donors (Lipinski definition) is 0. The first-order valence-electron chi connectivity index (χ1n) is 5.15. The molecule has 0 aliphatic heterocycles. The van der Waals surface area contributed by atoms with Crippen molar-refractivity contribution in [3.05, 3.63) is 26.8 Å². The van der Waals surface area contributed by atoms with Crippen molar-refractivity contribution in [2.75, 3.05) is 13.1 Å². The minimum Gasteiger partial charge on any atom is -0.207 e. The second kappa shape index (κ2) is 6.02. The molecule has 8 heteroatoms. The van der Waals surface area contributed by atoms with Gasteiger partial charge in [-0.3, -0.25) is 0 Å². The van der Waals surface area contributed by atoms with Crippen LogP contribution in [0.3, 0.4) is 0 Å². The molecular weight excluding hydrogens is 260 g/mol. The fourth-order valence-electron chi connectivity index (χ4n) is 1.47. The topological polar surface area (TPSA) is 86.1 Å². The lowest BCUT2D eigenvalue weighted by Gasteiger charge is -2.18. The van der Waals surface area contributed by atoms with Crippen molar-refractivity contribution in [3.63, 3.8) is 0 Å². The molecule has 0 unspecified atom stereocenters. The van der Waals surface area contributed by atoms with Gasteiger partial charge in [0.15, 0.2) is 0 Å². The standard InChI is InChI=1S/C9H14N4O2S2/c1-3-13(4-2)17(14,15)9-5-6-16-8(9)7-11-12-10/h5-6H,3-4,7H2,1-2H3. The zero-order valence-corrected chi connectivity index (χ0v) is 11.3. The summed E-state index contributed by atoms with van der Waals surface area (Å²) >= 11 is 1.28. The van der Waals surface area contributed by atoms with Gasteiger partial charge in [0.05, 0.1) is 11.4 Å². The Kier molecular flexibility index (Phi) is 4.95. The Balaban J connectivity index is 3.15. The van der Waals surface area contributed by atoms with E-state index in [0.717, 1.165) is 0 Å². The smallest absolute Gasteiger partial charge is 0.207 e. The molecule has 0 fully saturated rings. The van der Waals surface area contributed by atoms with Crippen molar-refractivity contribution in [1.29, 1.82) is 0 Å². The molecule has 0 saturated heterocycles. The molecule has 0 atom stereocenters. The summed E-state index contributed by atoms with van der Waals surface area (Å²) in [5.74, 6) is 0. The molecule has 0 amide bonds. The molecule has 17 heavy (non-hydrogen) atoms. The van der Waals surface area contributed by atoms with Crippen molar-refractivity contribution in [1.82, 2.24) is 4.31 Å². The van der Waals surface area contributed by atoms with Gasteiger partial charge in [-0.2, -0.15) is 4.31 Å². The predicted octanol–water partition coefficient (Wildman–Crippen LogP) is 2.59. The Morgan fingerprint density at radius 1 is 1.47 bits per heavy atom. The summed E-state index contributed by atoms with van der Waals surface area (Å²) in [6, 6.07) is 1.56. The van der Waals surface area contributed by atoms with Crippen LogP contribution in [0.2, 0.25) is 0 Å². The molecule has 0 radical (unpaired) electrons. The summed E-state index contributed by atoms with van der Waals surface area (Å²) < 4.78 is 25.9. The third kappa shape index (κ3) is 2.98. The zero-order chi connectivity index (χ0) is 12.9. The van der Waals surface area contributed by atoms with Gasteiger partial charge in [0.2, 0.25) is 10.0 Å². The van der Waals surface area contributed by atoms with Gasteiger partial charge in [-0.05, 0) is 17.0 Å². The Morgan fingerprint density at radius 3 is 2.65 bits per heavy atom. The maximum absolute atomic E-state index is 12.2. The molecule has 0 aromatic carbocycles. The van der Waals surface area contributed by atoms with Crippen LogP contribution in [0.1, 0.15) is 18.7 Å². The quantitative estimate of drug-likeness (QED) is 0.453. The molecule has 0 spiro atoms. The lowest BCUT2D eigenvalue weighted by molar-refractivity contribution is 0.445. The minimum atomic E-state index is -3.46. The number of hydrogen-bond acceptors (Lipinski definition) is 4. The van der Waals surface area contributed by atoms with Gasteiger partial charge in [0.25, 0.3) is 0 Å². The average molecular weight is 274 g/mol. The van der Waals surface area contributed by atoms with Crippen LogP contribution in [0, 0.1) is 0 Å². The summed E-state index contributed by atoms with van der Waals surface area (Å²) in [6.45, 7) is 4.51. The minimum absolute atomic E-state index is 0.0734. The molecule has 1 aromatic heterocycles. The van der Waals surface area contributed by atoms with Gasteiger partial charge in [-0.25, -0.2) is 8.42 Å². The molecule has 1 heterocycles. The summed E-state index contributed by atoms with van der Waals surface area (Å²) in [5, 5.41) is 5.10. The fourth-order valence-corrected chi connectivity index (χ4v) is 4.25. The SMILES string of the molecule is CCN(CC)S(=O)(=O)c1ccsc1CN=[N+]=[N-]. The Labute approximate surface area is 105 Å². The van der Waals surface area contributed by atoms with Gasteiger partial charge in [0, 0.05) is 22.9 Å². The average Bonchev–Trinajstić information content (AvgIpc) is 2.76. The lowest BCUT2D eigenvalue weighted by atomic mass is 10.5. The maximum Gasteiger partial charge on any atom is 0.244 e. The van der Waals surface area contributed by atoms with E-state index in [1.165, 1.54) is 15.6 Å². The van der Waals surface area contributed by atoms with Crippen LogP contribution in [0.15, 0.2) is 21.5 Å². The van der Waals surface area contributed by atoms with Gasteiger partial charge in [0.1, 0.15) is 0 Å². The van der Waals surface area contributed by atoms with Gasteiger partial charge in [-0.1, -0.05) is 19.0 Å². The van der Waals surface area contributed by atoms with E-state index >= 15 is 0 Å². The van der Waals surface area contributed by atoms with E-state index in [1.54, 1.807) is 25.3 Å². The van der Waals surface area contributed by atoms with E-state index in [2.05, 4.69) is 10.0 Å². The number of azide groups is 1. The molecule has 1 rings (SSSR count). The van der Waals surface area contributed by atoms with Gasteiger partial charge >= 0.3 is 0 Å². The second-order valence-corrected chi connectivity index (χ2v) is 6.09. The first-order chi connectivity index (χ1) is 8.07. The van der Waals surface area contributed by atoms with Crippen LogP contribution in [0.5, 0.6) is 0 Å². The van der Waals surface area contributed by atoms with Gasteiger partial charge < -0.3 is 0 Å². The molecular formula is C9H14N4O2S2. The predicted molar refractivity (Wildman–Crippen MR) is 67.3 cm³/mol. The first-order valence-corrected chi connectivity index (χ1v) is 7.47. The van der Waals surface area contributed by atoms with Crippen LogP contribution < -0.4 is 0 Å². The molecule has 1 aromatic rings. The number of sulfonamides is 1. The van der Waals surface area contributed by atoms with Crippen molar-refractivity contribution in [2.45, 2.75) is 25.3 Å². The van der Waals surface area contributed by atoms with E-state index in [-0.39, 0.29) is 11.4 Å². The third-order valence-electron chi connectivity index (χ3n) is 2.31. The molecule has 0 aliphatic carbocycles. The zero-order valence-electron chi connectivity index (χ0n) is 9.70. The number of nitrogens with zero attached hydrogens (tertiary/aromatic N) is 4. The highest BCUT2D eigenvalue weighted by molar-refractivity contribution is 7.89. The second-order valence-electron chi connectivity index (χ2n) is 3.19. The number of rotatable bonds is 6. The van der Waals surface area contributed by atoms with E-state index < -0.39 is 10.0 Å². The molecule has 94 valence electrons. The van der Waals surface area contributed by atoms with E-state index in [9.17, 15) is 8.42 Å².